The van der Waals surface area contributed by atoms with Gasteiger partial charge in [-0.05, 0) is 104 Å². The molecule has 2 aromatic rings. The summed E-state index contributed by atoms with van der Waals surface area (Å²) in [6.07, 6.45) is 7.78. The lowest BCUT2D eigenvalue weighted by Crippen LogP contribution is -2.48. The van der Waals surface area contributed by atoms with Crippen LogP contribution in [0.4, 0.5) is 5.69 Å². The number of nitrogens with zero attached hydrogens (tertiary/aromatic N) is 1. The van der Waals surface area contributed by atoms with Gasteiger partial charge in [-0.3, -0.25) is 9.59 Å². The van der Waals surface area contributed by atoms with Crippen LogP contribution in [0.25, 0.3) is 0 Å². The first-order valence-electron chi connectivity index (χ1n) is 11.2. The Balaban J connectivity index is 1.34. The van der Waals surface area contributed by atoms with E-state index in [1.807, 2.05) is 12.1 Å². The molecule has 2 aromatic carbocycles. The van der Waals surface area contributed by atoms with E-state index in [2.05, 4.69) is 6.07 Å². The summed E-state index contributed by atoms with van der Waals surface area (Å²) < 4.78 is 4.72. The van der Waals surface area contributed by atoms with Crippen molar-refractivity contribution in [3.05, 3.63) is 64.7 Å². The molecule has 0 radical (unpaired) electrons. The Labute approximate surface area is 181 Å². The van der Waals surface area contributed by atoms with Gasteiger partial charge in [0, 0.05) is 0 Å². The molecule has 7 rings (SSSR count). The molecule has 2 amide bonds. The third kappa shape index (κ3) is 2.72. The highest BCUT2D eigenvalue weighted by atomic mass is 16.5. The number of rotatable bonds is 3. The number of ether oxygens (including phenoxy) is 1. The van der Waals surface area contributed by atoms with Gasteiger partial charge in [-0.2, -0.15) is 0 Å². The molecule has 1 aliphatic heterocycles. The smallest absolute Gasteiger partial charge is 0.337 e. The van der Waals surface area contributed by atoms with Gasteiger partial charge < -0.3 is 4.74 Å². The molecule has 0 aromatic heterocycles. The summed E-state index contributed by atoms with van der Waals surface area (Å²) in [6, 6.07) is 12.3. The summed E-state index contributed by atoms with van der Waals surface area (Å²) in [6.45, 7) is 0. The lowest BCUT2D eigenvalue weighted by molar-refractivity contribution is -0.00520. The normalized spacial score (nSPS) is 30.6. The van der Waals surface area contributed by atoms with Gasteiger partial charge in [0.2, 0.25) is 0 Å². The van der Waals surface area contributed by atoms with Crippen LogP contribution in [0.5, 0.6) is 0 Å². The van der Waals surface area contributed by atoms with Crippen LogP contribution < -0.4 is 4.90 Å². The van der Waals surface area contributed by atoms with E-state index in [9.17, 15) is 14.4 Å². The molecule has 5 heteroatoms. The third-order valence-corrected chi connectivity index (χ3v) is 8.08. The van der Waals surface area contributed by atoms with E-state index < -0.39 is 5.97 Å². The summed E-state index contributed by atoms with van der Waals surface area (Å²) in [5.74, 6) is 1.43. The van der Waals surface area contributed by atoms with Crippen molar-refractivity contribution in [2.45, 2.75) is 43.9 Å². The number of anilines is 1. The number of carbonyl (C=O) groups excluding carboxylic acids is 3. The maximum absolute atomic E-state index is 13.3. The van der Waals surface area contributed by atoms with Crippen LogP contribution >= 0.6 is 0 Å². The maximum atomic E-state index is 13.3. The van der Waals surface area contributed by atoms with Crippen molar-refractivity contribution in [1.29, 1.82) is 0 Å². The highest BCUT2D eigenvalue weighted by Gasteiger charge is 2.52. The molecule has 4 aliphatic carbocycles. The molecule has 158 valence electrons. The molecule has 1 heterocycles. The van der Waals surface area contributed by atoms with Crippen molar-refractivity contribution < 1.29 is 19.1 Å². The van der Waals surface area contributed by atoms with Crippen LogP contribution in [0.3, 0.4) is 0 Å². The van der Waals surface area contributed by atoms with Gasteiger partial charge in [0.1, 0.15) is 0 Å². The minimum atomic E-state index is -0.450. The minimum absolute atomic E-state index is 0.183. The first kappa shape index (κ1) is 18.8. The number of carbonyl (C=O) groups is 3. The molecular weight excluding hydrogens is 390 g/mol. The number of methoxy groups -OCH3 is 1. The van der Waals surface area contributed by atoms with E-state index in [-0.39, 0.29) is 17.2 Å². The molecule has 0 saturated heterocycles. The van der Waals surface area contributed by atoms with Gasteiger partial charge in [-0.25, -0.2) is 9.69 Å². The molecule has 5 nitrogen and oxygen atoms in total. The Morgan fingerprint density at radius 3 is 2.03 bits per heavy atom. The highest BCUT2D eigenvalue weighted by Crippen LogP contribution is 2.60. The molecule has 4 bridgehead atoms. The van der Waals surface area contributed by atoms with Gasteiger partial charge in [0.05, 0.1) is 29.5 Å². The molecule has 0 spiro atoms. The fourth-order valence-electron chi connectivity index (χ4n) is 7.13. The molecular formula is C26H25NO4. The van der Waals surface area contributed by atoms with Crippen LogP contribution in [0.1, 0.15) is 75.2 Å². The standard InChI is InChI=1S/C26H25NO4/c1-31-25(30)18-2-5-20(6-3-18)27-23(28)21-7-4-19(11-22(21)24(27)29)26-12-15-8-16(13-26)10-17(9-15)14-26/h2-7,11,15-17H,8-10,12-14H2,1H3. The second-order valence-electron chi connectivity index (χ2n) is 9.94. The minimum Gasteiger partial charge on any atom is -0.465 e. The van der Waals surface area contributed by atoms with Crippen molar-refractivity contribution in [1.82, 2.24) is 0 Å². The third-order valence-electron chi connectivity index (χ3n) is 8.08. The van der Waals surface area contributed by atoms with Crippen molar-refractivity contribution >= 4 is 23.5 Å². The predicted molar refractivity (Wildman–Crippen MR) is 115 cm³/mol. The number of fused-ring (bicyclic) bond motifs is 1. The Kier molecular flexibility index (Phi) is 3.95. The maximum Gasteiger partial charge on any atom is 0.337 e. The first-order chi connectivity index (χ1) is 15.0. The van der Waals surface area contributed by atoms with E-state index in [1.54, 1.807) is 24.3 Å². The van der Waals surface area contributed by atoms with Crippen LogP contribution in [0.2, 0.25) is 0 Å². The Morgan fingerprint density at radius 2 is 1.45 bits per heavy atom. The van der Waals surface area contributed by atoms with Gasteiger partial charge in [0.25, 0.3) is 11.8 Å². The summed E-state index contributed by atoms with van der Waals surface area (Å²) in [4.78, 5) is 39.2. The van der Waals surface area contributed by atoms with Crippen molar-refractivity contribution in [3.8, 4) is 0 Å². The van der Waals surface area contributed by atoms with E-state index in [1.165, 1.54) is 56.1 Å². The zero-order valence-corrected chi connectivity index (χ0v) is 17.6. The number of hydrogen-bond donors (Lipinski definition) is 0. The zero-order valence-electron chi connectivity index (χ0n) is 17.6. The van der Waals surface area contributed by atoms with Gasteiger partial charge >= 0.3 is 5.97 Å². The topological polar surface area (TPSA) is 63.7 Å². The largest absolute Gasteiger partial charge is 0.465 e. The fourth-order valence-corrected chi connectivity index (χ4v) is 7.13. The Hall–Kier alpha value is -2.95. The first-order valence-corrected chi connectivity index (χ1v) is 11.2. The van der Waals surface area contributed by atoms with Crippen LogP contribution in [0.15, 0.2) is 42.5 Å². The molecule has 5 aliphatic rings. The molecule has 0 atom stereocenters. The Morgan fingerprint density at radius 1 is 0.871 bits per heavy atom. The second-order valence-corrected chi connectivity index (χ2v) is 9.94. The number of hydrogen-bond acceptors (Lipinski definition) is 4. The summed E-state index contributed by atoms with van der Waals surface area (Å²) in [5.41, 5.74) is 3.25. The lowest BCUT2D eigenvalue weighted by atomic mass is 9.48. The lowest BCUT2D eigenvalue weighted by Gasteiger charge is -2.57. The summed E-state index contributed by atoms with van der Waals surface area (Å²) in [7, 11) is 1.32. The number of imide groups is 1. The van der Waals surface area contributed by atoms with Crippen LogP contribution in [-0.4, -0.2) is 24.9 Å². The van der Waals surface area contributed by atoms with E-state index >= 15 is 0 Å². The van der Waals surface area contributed by atoms with E-state index in [4.69, 9.17) is 4.74 Å². The molecule has 31 heavy (non-hydrogen) atoms. The number of benzene rings is 2. The molecule has 0 unspecified atom stereocenters. The van der Waals surface area contributed by atoms with Gasteiger partial charge in [0.15, 0.2) is 0 Å². The predicted octanol–water partition coefficient (Wildman–Crippen LogP) is 4.74. The van der Waals surface area contributed by atoms with E-state index in [0.29, 0.717) is 22.4 Å². The van der Waals surface area contributed by atoms with Crippen molar-refractivity contribution in [2.75, 3.05) is 12.0 Å². The number of esters is 1. The average molecular weight is 415 g/mol. The van der Waals surface area contributed by atoms with Crippen LogP contribution in [-0.2, 0) is 10.2 Å². The SMILES string of the molecule is COC(=O)c1ccc(N2C(=O)c3ccc(C45CC6CC(CC(C6)C4)C5)cc3C2=O)cc1. The fraction of sp³-hybridized carbons (Fsp3) is 0.423. The quantitative estimate of drug-likeness (QED) is 0.536. The molecule has 4 saturated carbocycles. The van der Waals surface area contributed by atoms with Crippen molar-refractivity contribution in [2.24, 2.45) is 17.8 Å². The molecule has 4 fully saturated rings. The van der Waals surface area contributed by atoms with Gasteiger partial charge in [-0.1, -0.05) is 6.07 Å². The summed E-state index contributed by atoms with van der Waals surface area (Å²) >= 11 is 0. The average Bonchev–Trinajstić information content (AvgIpc) is 3.02. The molecule has 0 N–H and O–H groups in total. The second kappa shape index (κ2) is 6.52. The summed E-state index contributed by atoms with van der Waals surface area (Å²) in [5, 5.41) is 0. The Bertz CT molecular complexity index is 1080. The van der Waals surface area contributed by atoms with Crippen LogP contribution in [0, 0.1) is 17.8 Å². The highest BCUT2D eigenvalue weighted by molar-refractivity contribution is 6.34. The van der Waals surface area contributed by atoms with Crippen molar-refractivity contribution in [3.63, 3.8) is 0 Å². The van der Waals surface area contributed by atoms with E-state index in [0.717, 1.165) is 17.8 Å². The monoisotopic (exact) mass is 415 g/mol. The number of amides is 2. The van der Waals surface area contributed by atoms with Gasteiger partial charge in [-0.15, -0.1) is 0 Å². The zero-order chi connectivity index (χ0) is 21.3.